The smallest absolute Gasteiger partial charge is 0.304 e. The number of aliphatic hydroxyl groups is 1. The maximum atomic E-state index is 15.3. The Morgan fingerprint density at radius 3 is 2.42 bits per heavy atom. The zero-order chi connectivity index (χ0) is 39.8. The van der Waals surface area contributed by atoms with E-state index in [2.05, 4.69) is 65.1 Å². The van der Waals surface area contributed by atoms with E-state index in [1.165, 1.54) is 23.0 Å². The second-order valence-corrected chi connectivity index (χ2v) is 21.1. The lowest BCUT2D eigenvalue weighted by molar-refractivity contribution is -0.154. The van der Waals surface area contributed by atoms with Crippen LogP contribution in [-0.2, 0) is 34.3 Å². The lowest BCUT2D eigenvalue weighted by Crippen LogP contribution is -2.55. The van der Waals surface area contributed by atoms with Gasteiger partial charge in [0, 0.05) is 37.2 Å². The third kappa shape index (κ3) is 7.52. The lowest BCUT2D eigenvalue weighted by atomic mass is 9.82. The van der Waals surface area contributed by atoms with Gasteiger partial charge in [-0.1, -0.05) is 60.6 Å². The van der Waals surface area contributed by atoms with Gasteiger partial charge in [0.15, 0.2) is 11.8 Å². The summed E-state index contributed by atoms with van der Waals surface area (Å²) in [5.41, 5.74) is 2.66. The van der Waals surface area contributed by atoms with Crippen molar-refractivity contribution in [2.45, 2.75) is 116 Å². The third-order valence-electron chi connectivity index (χ3n) is 12.3. The van der Waals surface area contributed by atoms with Gasteiger partial charge in [0.05, 0.1) is 52.5 Å². The Hall–Kier alpha value is -4.26. The van der Waals surface area contributed by atoms with Gasteiger partial charge in [-0.3, -0.25) is 24.1 Å². The minimum atomic E-state index is -2.55. The molecule has 3 fully saturated rings. The number of fused-ring (bicyclic) bond motifs is 2. The van der Waals surface area contributed by atoms with E-state index in [9.17, 15) is 19.5 Å². The van der Waals surface area contributed by atoms with E-state index in [0.29, 0.717) is 30.0 Å². The van der Waals surface area contributed by atoms with E-state index in [4.69, 9.17) is 14.2 Å². The van der Waals surface area contributed by atoms with Crippen LogP contribution in [0.25, 0.3) is 0 Å². The van der Waals surface area contributed by atoms with Crippen LogP contribution < -0.4 is 19.7 Å². The molecule has 1 unspecified atom stereocenters. The molecule has 296 valence electrons. The van der Waals surface area contributed by atoms with E-state index in [1.54, 1.807) is 23.0 Å². The monoisotopic (exact) mass is 771 g/mol. The van der Waals surface area contributed by atoms with Crippen LogP contribution in [-0.4, -0.2) is 87.0 Å². The van der Waals surface area contributed by atoms with Crippen molar-refractivity contribution in [3.05, 3.63) is 71.3 Å². The SMILES string of the molecule is COc1ccc([Si](C)(C)[C@@H]2[C@@H](CC(=O)N3CCC[C@H]3CO)O[C@]3(C(=O)N(C/C=C(\C)CCC=C(C)C)c4ccc(N5C(=O)CC5OC(C)=O)cc43)[C@H]2C)cc1. The lowest BCUT2D eigenvalue weighted by Gasteiger charge is -2.39. The topological polar surface area (TPSA) is 126 Å². The number of hydrogen-bond donors (Lipinski definition) is 1. The minimum Gasteiger partial charge on any atom is -0.497 e. The summed E-state index contributed by atoms with van der Waals surface area (Å²) >= 11 is 0. The number of esters is 1. The van der Waals surface area contributed by atoms with Crippen molar-refractivity contribution in [2.24, 2.45) is 5.92 Å². The first-order valence-electron chi connectivity index (χ1n) is 19.6. The summed E-state index contributed by atoms with van der Waals surface area (Å²) in [6, 6.07) is 13.4. The largest absolute Gasteiger partial charge is 0.497 e. The number of hydrogen-bond acceptors (Lipinski definition) is 8. The van der Waals surface area contributed by atoms with Gasteiger partial charge < -0.3 is 29.1 Å². The van der Waals surface area contributed by atoms with Crippen molar-refractivity contribution in [3.63, 3.8) is 0 Å². The molecule has 11 nitrogen and oxygen atoms in total. The van der Waals surface area contributed by atoms with Crippen molar-refractivity contribution in [3.8, 4) is 5.75 Å². The Bertz CT molecular complexity index is 1870. The van der Waals surface area contributed by atoms with Crippen molar-refractivity contribution in [1.82, 2.24) is 4.90 Å². The number of benzene rings is 2. The van der Waals surface area contributed by atoms with Crippen molar-refractivity contribution in [1.29, 1.82) is 0 Å². The second-order valence-electron chi connectivity index (χ2n) is 16.4. The van der Waals surface area contributed by atoms with Gasteiger partial charge >= 0.3 is 5.97 Å². The van der Waals surface area contributed by atoms with E-state index >= 15 is 4.79 Å². The number of carbonyl (C=O) groups excluding carboxylic acids is 4. The molecule has 4 aliphatic rings. The molecule has 0 aliphatic carbocycles. The quantitative estimate of drug-likeness (QED) is 0.115. The number of β-lactam (4-membered cyclic amide) rings is 1. The van der Waals surface area contributed by atoms with Crippen LogP contribution in [0.2, 0.25) is 18.6 Å². The van der Waals surface area contributed by atoms with Gasteiger partial charge in [0.1, 0.15) is 5.75 Å². The van der Waals surface area contributed by atoms with E-state index in [1.807, 2.05) is 24.3 Å². The number of carbonyl (C=O) groups is 4. The normalized spacial score (nSPS) is 26.4. The summed E-state index contributed by atoms with van der Waals surface area (Å²) in [5.74, 6) is -0.570. The number of ether oxygens (including phenoxy) is 3. The molecule has 1 N–H and O–H groups in total. The molecule has 2 aromatic carbocycles. The maximum Gasteiger partial charge on any atom is 0.304 e. The van der Waals surface area contributed by atoms with Crippen LogP contribution in [0.4, 0.5) is 11.4 Å². The fourth-order valence-electron chi connectivity index (χ4n) is 9.40. The van der Waals surface area contributed by atoms with Crippen LogP contribution in [0.15, 0.2) is 65.8 Å². The molecular formula is C43H57N3O8Si. The highest BCUT2D eigenvalue weighted by atomic mass is 28.3. The van der Waals surface area contributed by atoms with Gasteiger partial charge in [0.2, 0.25) is 11.8 Å². The molecule has 12 heteroatoms. The Morgan fingerprint density at radius 1 is 1.05 bits per heavy atom. The Labute approximate surface area is 326 Å². The van der Waals surface area contributed by atoms with E-state index in [-0.39, 0.29) is 54.7 Å². The highest BCUT2D eigenvalue weighted by Gasteiger charge is 2.66. The first kappa shape index (κ1) is 40.4. The van der Waals surface area contributed by atoms with Crippen LogP contribution in [0, 0.1) is 5.92 Å². The number of aliphatic hydroxyl groups excluding tert-OH is 1. The Morgan fingerprint density at radius 2 is 1.78 bits per heavy atom. The first-order valence-corrected chi connectivity index (χ1v) is 22.7. The Balaban J connectivity index is 1.46. The fraction of sp³-hybridized carbons (Fsp3) is 0.535. The van der Waals surface area contributed by atoms with Gasteiger partial charge in [-0.15, -0.1) is 0 Å². The number of nitrogens with zero attached hydrogens (tertiary/aromatic N) is 3. The second kappa shape index (κ2) is 16.1. The summed E-state index contributed by atoms with van der Waals surface area (Å²) in [7, 11) is -0.911. The number of allylic oxidation sites excluding steroid dienone is 3. The molecule has 0 bridgehead atoms. The average molecular weight is 772 g/mol. The van der Waals surface area contributed by atoms with Crippen LogP contribution in [0.5, 0.6) is 5.75 Å². The van der Waals surface area contributed by atoms with Gasteiger partial charge in [-0.2, -0.15) is 0 Å². The predicted octanol–water partition coefficient (Wildman–Crippen LogP) is 5.95. The number of amides is 3. The molecule has 6 atom stereocenters. The molecule has 4 heterocycles. The number of likely N-dealkylation sites (tertiary alicyclic amines) is 1. The standard InChI is InChI=1S/C43H57N3O8Si/c1-27(2)11-9-12-28(3)20-22-45-36-19-14-31(46-39(50)25-40(46)53-30(5)48)23-35(36)43(42(45)51)29(4)41(55(7,8)34-17-15-33(52-6)16-18-34)37(54-43)24-38(49)44-21-10-13-32(44)26-47/h11,14-20,23,29,32,37,40-41,47H,9-10,12-13,21-22,24-26H2,1-8H3/b28-20+/t29-,32-,37+,40?,41-,43+/m0/s1. The fourth-order valence-corrected chi connectivity index (χ4v) is 13.4. The molecule has 55 heavy (non-hydrogen) atoms. The maximum absolute atomic E-state index is 15.3. The van der Waals surface area contributed by atoms with Crippen molar-refractivity contribution >= 4 is 48.3 Å². The summed E-state index contributed by atoms with van der Waals surface area (Å²) in [5, 5.41) is 11.3. The number of methoxy groups -OCH3 is 1. The third-order valence-corrected chi connectivity index (χ3v) is 16.7. The van der Waals surface area contributed by atoms with Crippen molar-refractivity contribution in [2.75, 3.05) is 36.6 Å². The van der Waals surface area contributed by atoms with Gasteiger partial charge in [0.25, 0.3) is 5.91 Å². The zero-order valence-corrected chi connectivity index (χ0v) is 34.6. The van der Waals surface area contributed by atoms with E-state index < -0.39 is 32.0 Å². The minimum absolute atomic E-state index is 0.0741. The molecule has 4 aliphatic heterocycles. The number of anilines is 2. The number of rotatable bonds is 13. The van der Waals surface area contributed by atoms with Crippen LogP contribution in [0.3, 0.4) is 0 Å². The Kier molecular flexibility index (Phi) is 11.8. The first-order chi connectivity index (χ1) is 26.1. The molecule has 1 spiro atoms. The molecule has 0 radical (unpaired) electrons. The molecule has 0 saturated carbocycles. The molecule has 0 aromatic heterocycles. The summed E-state index contributed by atoms with van der Waals surface area (Å²) in [4.78, 5) is 59.5. The van der Waals surface area contributed by atoms with Gasteiger partial charge in [-0.25, -0.2) is 0 Å². The summed E-state index contributed by atoms with van der Waals surface area (Å²) in [6.45, 7) is 15.0. The zero-order valence-electron chi connectivity index (χ0n) is 33.6. The van der Waals surface area contributed by atoms with Crippen LogP contribution >= 0.6 is 0 Å². The molecule has 3 amide bonds. The molecule has 6 rings (SSSR count). The summed E-state index contributed by atoms with van der Waals surface area (Å²) in [6.07, 6.45) is 6.47. The molecular weight excluding hydrogens is 715 g/mol. The summed E-state index contributed by atoms with van der Waals surface area (Å²) < 4.78 is 18.2. The van der Waals surface area contributed by atoms with E-state index in [0.717, 1.165) is 36.6 Å². The van der Waals surface area contributed by atoms with Crippen LogP contribution in [0.1, 0.15) is 78.7 Å². The van der Waals surface area contributed by atoms with Gasteiger partial charge in [-0.05, 0) is 82.3 Å². The molecule has 3 saturated heterocycles. The highest BCUT2D eigenvalue weighted by molar-refractivity contribution is 6.91. The highest BCUT2D eigenvalue weighted by Crippen LogP contribution is 2.60. The average Bonchev–Trinajstić information content (AvgIpc) is 3.80. The van der Waals surface area contributed by atoms with Crippen molar-refractivity contribution < 1.29 is 38.5 Å². The predicted molar refractivity (Wildman–Crippen MR) is 215 cm³/mol. The molecule has 2 aromatic rings.